The van der Waals surface area contributed by atoms with Crippen molar-refractivity contribution in [2.24, 2.45) is 5.73 Å². The lowest BCUT2D eigenvalue weighted by Crippen LogP contribution is -2.22. The van der Waals surface area contributed by atoms with Crippen LogP contribution in [0.2, 0.25) is 0 Å². The van der Waals surface area contributed by atoms with Crippen molar-refractivity contribution in [2.75, 3.05) is 26.4 Å². The smallest absolute Gasteiger partial charge is 0.249 e. The molecule has 1 aromatic carbocycles. The number of primary amides is 1. The van der Waals surface area contributed by atoms with Crippen molar-refractivity contribution in [3.05, 3.63) is 35.4 Å². The van der Waals surface area contributed by atoms with E-state index in [2.05, 4.69) is 5.32 Å². The Balaban J connectivity index is 2.34. The maximum atomic E-state index is 11.1. The predicted molar refractivity (Wildman–Crippen MR) is 64.6 cm³/mol. The van der Waals surface area contributed by atoms with E-state index in [9.17, 15) is 4.79 Å². The summed E-state index contributed by atoms with van der Waals surface area (Å²) in [4.78, 5) is 11.1. The van der Waals surface area contributed by atoms with Gasteiger partial charge in [-0.05, 0) is 11.6 Å². The lowest BCUT2D eigenvalue weighted by atomic mass is 10.1. The summed E-state index contributed by atoms with van der Waals surface area (Å²) in [6, 6.07) is 7.23. The molecule has 0 aliphatic heterocycles. The third-order valence-electron chi connectivity index (χ3n) is 2.26. The van der Waals surface area contributed by atoms with Crippen LogP contribution in [0.1, 0.15) is 15.9 Å². The van der Waals surface area contributed by atoms with Gasteiger partial charge >= 0.3 is 0 Å². The molecule has 5 heteroatoms. The summed E-state index contributed by atoms with van der Waals surface area (Å²) >= 11 is 0. The molecule has 0 aromatic heterocycles. The van der Waals surface area contributed by atoms with Crippen LogP contribution in [0.5, 0.6) is 0 Å². The van der Waals surface area contributed by atoms with E-state index >= 15 is 0 Å². The zero-order valence-corrected chi connectivity index (χ0v) is 9.69. The quantitative estimate of drug-likeness (QED) is 0.551. The minimum atomic E-state index is -0.418. The first kappa shape index (κ1) is 13.6. The lowest BCUT2D eigenvalue weighted by Gasteiger charge is -2.08. The highest BCUT2D eigenvalue weighted by Crippen LogP contribution is 2.07. The van der Waals surface area contributed by atoms with Gasteiger partial charge in [0, 0.05) is 18.7 Å². The van der Waals surface area contributed by atoms with Gasteiger partial charge < -0.3 is 20.9 Å². The summed E-state index contributed by atoms with van der Waals surface area (Å²) in [6.07, 6.45) is 0. The summed E-state index contributed by atoms with van der Waals surface area (Å²) < 4.78 is 5.09. The number of nitrogens with two attached hydrogens (primary N) is 1. The number of ether oxygens (including phenoxy) is 1. The van der Waals surface area contributed by atoms with Gasteiger partial charge in [-0.25, -0.2) is 0 Å². The van der Waals surface area contributed by atoms with E-state index in [-0.39, 0.29) is 6.61 Å². The molecule has 0 spiro atoms. The van der Waals surface area contributed by atoms with Crippen LogP contribution in [-0.4, -0.2) is 37.4 Å². The Kier molecular flexibility index (Phi) is 6.24. The van der Waals surface area contributed by atoms with E-state index in [1.165, 1.54) is 0 Å². The van der Waals surface area contributed by atoms with Crippen LogP contribution in [0.4, 0.5) is 0 Å². The maximum Gasteiger partial charge on any atom is 0.249 e. The Labute approximate surface area is 101 Å². The molecule has 17 heavy (non-hydrogen) atoms. The molecule has 4 N–H and O–H groups in total. The van der Waals surface area contributed by atoms with Crippen molar-refractivity contribution in [3.63, 3.8) is 0 Å². The molecule has 0 aliphatic carbocycles. The number of carbonyl (C=O) groups is 1. The van der Waals surface area contributed by atoms with E-state index in [0.29, 0.717) is 31.9 Å². The van der Waals surface area contributed by atoms with Crippen LogP contribution in [-0.2, 0) is 11.3 Å². The number of amides is 1. The van der Waals surface area contributed by atoms with Crippen LogP contribution in [0, 0.1) is 0 Å². The predicted octanol–water partition coefficient (Wildman–Crippen LogP) is -0.116. The van der Waals surface area contributed by atoms with Gasteiger partial charge in [-0.1, -0.05) is 18.2 Å². The van der Waals surface area contributed by atoms with Crippen molar-refractivity contribution in [1.82, 2.24) is 5.32 Å². The molecular weight excluding hydrogens is 220 g/mol. The van der Waals surface area contributed by atoms with E-state index in [1.54, 1.807) is 12.1 Å². The van der Waals surface area contributed by atoms with Crippen LogP contribution in [0.25, 0.3) is 0 Å². The minimum Gasteiger partial charge on any atom is -0.394 e. The van der Waals surface area contributed by atoms with Gasteiger partial charge in [-0.2, -0.15) is 0 Å². The molecule has 0 unspecified atom stereocenters. The minimum absolute atomic E-state index is 0.0323. The third kappa shape index (κ3) is 4.95. The molecule has 0 saturated carbocycles. The van der Waals surface area contributed by atoms with Gasteiger partial charge in [0.1, 0.15) is 0 Å². The molecular formula is C12H18N2O3. The molecule has 1 rings (SSSR count). The van der Waals surface area contributed by atoms with Crippen molar-refractivity contribution >= 4 is 5.91 Å². The molecule has 0 fully saturated rings. The Morgan fingerprint density at radius 3 is 2.82 bits per heavy atom. The Morgan fingerprint density at radius 2 is 2.12 bits per heavy atom. The number of benzene rings is 1. The van der Waals surface area contributed by atoms with Gasteiger partial charge in [0.15, 0.2) is 0 Å². The van der Waals surface area contributed by atoms with Crippen LogP contribution in [0.15, 0.2) is 24.3 Å². The topological polar surface area (TPSA) is 84.6 Å². The average Bonchev–Trinajstić information content (AvgIpc) is 2.34. The monoisotopic (exact) mass is 238 g/mol. The summed E-state index contributed by atoms with van der Waals surface area (Å²) in [5.41, 5.74) is 6.68. The fraction of sp³-hybridized carbons (Fsp3) is 0.417. The molecule has 0 radical (unpaired) electrons. The van der Waals surface area contributed by atoms with Crippen LogP contribution in [0.3, 0.4) is 0 Å². The molecule has 0 bridgehead atoms. The summed E-state index contributed by atoms with van der Waals surface area (Å²) in [5.74, 6) is -0.418. The summed E-state index contributed by atoms with van der Waals surface area (Å²) in [6.45, 7) is 2.14. The van der Waals surface area contributed by atoms with Gasteiger partial charge in [0.05, 0.1) is 19.8 Å². The highest BCUT2D eigenvalue weighted by atomic mass is 16.5. The summed E-state index contributed by atoms with van der Waals surface area (Å²) in [5, 5.41) is 11.6. The highest BCUT2D eigenvalue weighted by Gasteiger charge is 2.05. The molecule has 0 aliphatic rings. The lowest BCUT2D eigenvalue weighted by molar-refractivity contribution is 0.0937. The van der Waals surface area contributed by atoms with Gasteiger partial charge in [-0.15, -0.1) is 0 Å². The van der Waals surface area contributed by atoms with Crippen LogP contribution >= 0.6 is 0 Å². The summed E-state index contributed by atoms with van der Waals surface area (Å²) in [7, 11) is 0. The molecule has 1 amide bonds. The van der Waals surface area contributed by atoms with Crippen molar-refractivity contribution in [3.8, 4) is 0 Å². The SMILES string of the molecule is NC(=O)c1ccccc1CNCCOCCO. The second-order valence-corrected chi connectivity index (χ2v) is 3.53. The van der Waals surface area contributed by atoms with Gasteiger partial charge in [0.25, 0.3) is 0 Å². The number of nitrogens with one attached hydrogen (secondary N) is 1. The van der Waals surface area contributed by atoms with Crippen molar-refractivity contribution in [1.29, 1.82) is 0 Å². The number of carbonyl (C=O) groups excluding carboxylic acids is 1. The third-order valence-corrected chi connectivity index (χ3v) is 2.26. The Bertz CT molecular complexity index is 355. The van der Waals surface area contributed by atoms with Gasteiger partial charge in [-0.3, -0.25) is 4.79 Å². The van der Waals surface area contributed by atoms with Crippen LogP contribution < -0.4 is 11.1 Å². The number of hydrogen-bond acceptors (Lipinski definition) is 4. The van der Waals surface area contributed by atoms with E-state index in [1.807, 2.05) is 12.1 Å². The fourth-order valence-electron chi connectivity index (χ4n) is 1.45. The highest BCUT2D eigenvalue weighted by molar-refractivity contribution is 5.94. The van der Waals surface area contributed by atoms with Gasteiger partial charge in [0.2, 0.25) is 5.91 Å². The second-order valence-electron chi connectivity index (χ2n) is 3.53. The van der Waals surface area contributed by atoms with Crippen molar-refractivity contribution < 1.29 is 14.6 Å². The number of rotatable bonds is 8. The Morgan fingerprint density at radius 1 is 1.35 bits per heavy atom. The zero-order valence-electron chi connectivity index (χ0n) is 9.69. The molecule has 0 heterocycles. The van der Waals surface area contributed by atoms with E-state index in [4.69, 9.17) is 15.6 Å². The van der Waals surface area contributed by atoms with Crippen molar-refractivity contribution in [2.45, 2.75) is 6.54 Å². The zero-order chi connectivity index (χ0) is 12.5. The first-order valence-electron chi connectivity index (χ1n) is 5.52. The first-order chi connectivity index (χ1) is 8.25. The average molecular weight is 238 g/mol. The van der Waals surface area contributed by atoms with E-state index < -0.39 is 5.91 Å². The number of hydrogen-bond donors (Lipinski definition) is 3. The largest absolute Gasteiger partial charge is 0.394 e. The molecule has 0 atom stereocenters. The second kappa shape index (κ2) is 7.78. The number of aliphatic hydroxyl groups is 1. The first-order valence-corrected chi connectivity index (χ1v) is 5.52. The number of aliphatic hydroxyl groups excluding tert-OH is 1. The molecule has 94 valence electrons. The molecule has 5 nitrogen and oxygen atoms in total. The normalized spacial score (nSPS) is 10.4. The standard InChI is InChI=1S/C12H18N2O3/c13-12(16)11-4-2-1-3-10(11)9-14-5-7-17-8-6-15/h1-4,14-15H,5-9H2,(H2,13,16). The fourth-order valence-corrected chi connectivity index (χ4v) is 1.45. The Hall–Kier alpha value is -1.43. The molecule has 0 saturated heterocycles. The van der Waals surface area contributed by atoms with E-state index in [0.717, 1.165) is 5.56 Å². The molecule has 1 aromatic rings. The maximum absolute atomic E-state index is 11.1.